The number of aliphatic hydroxyl groups excluding tert-OH is 2. The molecule has 1 rings (SSSR count). The molecule has 0 spiro atoms. The summed E-state index contributed by atoms with van der Waals surface area (Å²) in [6.07, 6.45) is -2.12. The van der Waals surface area contributed by atoms with Crippen molar-refractivity contribution in [1.82, 2.24) is 4.98 Å². The minimum Gasteiger partial charge on any atom is -0.469 e. The minimum absolute atomic E-state index is 0.154. The summed E-state index contributed by atoms with van der Waals surface area (Å²) in [6.45, 7) is 0. The van der Waals surface area contributed by atoms with Crippen LogP contribution in [0, 0.1) is 5.95 Å². The molecule has 0 radical (unpaired) electrons. The molecule has 5 nitrogen and oxygen atoms in total. The van der Waals surface area contributed by atoms with E-state index in [1.54, 1.807) is 0 Å². The number of aromatic nitrogens is 1. The van der Waals surface area contributed by atoms with Crippen molar-refractivity contribution in [2.45, 2.75) is 18.6 Å². The van der Waals surface area contributed by atoms with E-state index in [9.17, 15) is 19.4 Å². The van der Waals surface area contributed by atoms with Crippen molar-refractivity contribution >= 4 is 5.97 Å². The summed E-state index contributed by atoms with van der Waals surface area (Å²) in [4.78, 5) is 14.2. The van der Waals surface area contributed by atoms with Crippen LogP contribution in [-0.2, 0) is 9.53 Å². The molecule has 0 amide bonds. The Kier molecular flexibility index (Phi) is 4.33. The number of aliphatic hydroxyl groups is 2. The van der Waals surface area contributed by atoms with Crippen LogP contribution in [0.25, 0.3) is 0 Å². The van der Waals surface area contributed by atoms with Gasteiger partial charge < -0.3 is 14.9 Å². The summed E-state index contributed by atoms with van der Waals surface area (Å²) in [6, 6.07) is 2.71. The molecule has 0 aliphatic heterocycles. The average Bonchev–Trinajstić information content (AvgIpc) is 2.28. The van der Waals surface area contributed by atoms with Crippen LogP contribution in [0.2, 0.25) is 0 Å². The first-order valence-electron chi connectivity index (χ1n) is 4.59. The SMILES string of the molecule is COC(=O)CC(O)C(O)c1cccnc1F. The molecule has 2 unspecified atom stereocenters. The lowest BCUT2D eigenvalue weighted by molar-refractivity contribution is -0.144. The Labute approximate surface area is 91.5 Å². The number of carbonyl (C=O) groups is 1. The van der Waals surface area contributed by atoms with Gasteiger partial charge in [-0.25, -0.2) is 4.98 Å². The summed E-state index contributed by atoms with van der Waals surface area (Å²) >= 11 is 0. The van der Waals surface area contributed by atoms with Crippen LogP contribution in [0.4, 0.5) is 4.39 Å². The number of esters is 1. The van der Waals surface area contributed by atoms with Gasteiger partial charge in [0.2, 0.25) is 5.95 Å². The van der Waals surface area contributed by atoms with E-state index < -0.39 is 30.5 Å². The Morgan fingerprint density at radius 3 is 2.88 bits per heavy atom. The molecule has 0 aliphatic rings. The molecule has 2 atom stereocenters. The van der Waals surface area contributed by atoms with E-state index in [-0.39, 0.29) is 5.56 Å². The van der Waals surface area contributed by atoms with Crippen LogP contribution >= 0.6 is 0 Å². The number of ether oxygens (including phenoxy) is 1. The second-order valence-corrected chi connectivity index (χ2v) is 3.18. The Bertz CT molecular complexity index is 372. The van der Waals surface area contributed by atoms with E-state index in [0.29, 0.717) is 0 Å². The van der Waals surface area contributed by atoms with Gasteiger partial charge in [0.15, 0.2) is 0 Å². The van der Waals surface area contributed by atoms with Crippen molar-refractivity contribution in [3.05, 3.63) is 29.8 Å². The number of pyridine rings is 1. The van der Waals surface area contributed by atoms with Gasteiger partial charge in [-0.3, -0.25) is 4.79 Å². The predicted molar refractivity (Wildman–Crippen MR) is 51.8 cm³/mol. The van der Waals surface area contributed by atoms with Gasteiger partial charge in [0.25, 0.3) is 0 Å². The third kappa shape index (κ3) is 2.98. The number of methoxy groups -OCH3 is 1. The maximum Gasteiger partial charge on any atom is 0.308 e. The van der Waals surface area contributed by atoms with Gasteiger partial charge in [-0.05, 0) is 6.07 Å². The molecule has 88 valence electrons. The van der Waals surface area contributed by atoms with Gasteiger partial charge in [0.1, 0.15) is 6.10 Å². The summed E-state index contributed by atoms with van der Waals surface area (Å²) in [7, 11) is 1.16. The summed E-state index contributed by atoms with van der Waals surface area (Å²) in [5.41, 5.74) is -0.154. The highest BCUT2D eigenvalue weighted by molar-refractivity contribution is 5.69. The lowest BCUT2D eigenvalue weighted by Gasteiger charge is -2.16. The lowest BCUT2D eigenvalue weighted by Crippen LogP contribution is -2.23. The van der Waals surface area contributed by atoms with Crippen molar-refractivity contribution in [3.63, 3.8) is 0 Å². The van der Waals surface area contributed by atoms with E-state index >= 15 is 0 Å². The molecule has 0 aliphatic carbocycles. The minimum atomic E-state index is -1.51. The third-order valence-electron chi connectivity index (χ3n) is 2.07. The first-order chi connectivity index (χ1) is 7.56. The van der Waals surface area contributed by atoms with Crippen molar-refractivity contribution in [3.8, 4) is 0 Å². The topological polar surface area (TPSA) is 79.7 Å². The number of hydrogen-bond acceptors (Lipinski definition) is 5. The molecule has 0 aromatic carbocycles. The van der Waals surface area contributed by atoms with Gasteiger partial charge >= 0.3 is 5.97 Å². The fourth-order valence-electron chi connectivity index (χ4n) is 1.19. The van der Waals surface area contributed by atoms with E-state index in [4.69, 9.17) is 0 Å². The standard InChI is InChI=1S/C10H12FNO4/c1-16-8(14)5-7(13)9(15)6-3-2-4-12-10(6)11/h2-4,7,9,13,15H,5H2,1H3. The highest BCUT2D eigenvalue weighted by Crippen LogP contribution is 2.20. The van der Waals surface area contributed by atoms with Crippen molar-refractivity contribution in [2.75, 3.05) is 7.11 Å². The van der Waals surface area contributed by atoms with Crippen LogP contribution in [-0.4, -0.2) is 34.4 Å². The zero-order chi connectivity index (χ0) is 12.1. The smallest absolute Gasteiger partial charge is 0.308 e. The van der Waals surface area contributed by atoms with Crippen LogP contribution in [0.15, 0.2) is 18.3 Å². The molecule has 2 N–H and O–H groups in total. The molecule has 1 aromatic rings. The van der Waals surface area contributed by atoms with Gasteiger partial charge in [-0.2, -0.15) is 4.39 Å². The predicted octanol–water partition coefficient (Wildman–Crippen LogP) is 0.178. The molecule has 0 bridgehead atoms. The molecule has 1 heterocycles. The largest absolute Gasteiger partial charge is 0.469 e. The summed E-state index contributed by atoms with van der Waals surface area (Å²) < 4.78 is 17.4. The van der Waals surface area contributed by atoms with Crippen LogP contribution in [0.3, 0.4) is 0 Å². The molecule has 0 saturated carbocycles. The fourth-order valence-corrected chi connectivity index (χ4v) is 1.19. The first-order valence-corrected chi connectivity index (χ1v) is 4.59. The van der Waals surface area contributed by atoms with Crippen molar-refractivity contribution < 1.29 is 24.1 Å². The number of halogens is 1. The Morgan fingerprint density at radius 1 is 1.62 bits per heavy atom. The number of nitrogens with zero attached hydrogens (tertiary/aromatic N) is 1. The van der Waals surface area contributed by atoms with Gasteiger partial charge in [0.05, 0.1) is 19.6 Å². The Morgan fingerprint density at radius 2 is 2.31 bits per heavy atom. The Balaban J connectivity index is 2.74. The second-order valence-electron chi connectivity index (χ2n) is 3.18. The number of carbonyl (C=O) groups excluding carboxylic acids is 1. The van der Waals surface area contributed by atoms with Gasteiger partial charge in [-0.1, -0.05) is 6.07 Å². The number of rotatable bonds is 4. The maximum atomic E-state index is 13.1. The van der Waals surface area contributed by atoms with E-state index in [0.717, 1.165) is 7.11 Å². The van der Waals surface area contributed by atoms with Crippen LogP contribution < -0.4 is 0 Å². The van der Waals surface area contributed by atoms with Crippen LogP contribution in [0.5, 0.6) is 0 Å². The number of hydrogen-bond donors (Lipinski definition) is 2. The van der Waals surface area contributed by atoms with E-state index in [1.165, 1.54) is 18.3 Å². The molecule has 1 aromatic heterocycles. The molecule has 16 heavy (non-hydrogen) atoms. The summed E-state index contributed by atoms with van der Waals surface area (Å²) in [5.74, 6) is -1.56. The molecule has 6 heteroatoms. The van der Waals surface area contributed by atoms with E-state index in [2.05, 4.69) is 9.72 Å². The average molecular weight is 229 g/mol. The van der Waals surface area contributed by atoms with Gasteiger partial charge in [-0.15, -0.1) is 0 Å². The maximum absolute atomic E-state index is 13.1. The zero-order valence-electron chi connectivity index (χ0n) is 8.63. The highest BCUT2D eigenvalue weighted by Gasteiger charge is 2.24. The van der Waals surface area contributed by atoms with Crippen molar-refractivity contribution in [1.29, 1.82) is 0 Å². The molecule has 0 saturated heterocycles. The lowest BCUT2D eigenvalue weighted by atomic mass is 10.0. The highest BCUT2D eigenvalue weighted by atomic mass is 19.1. The fraction of sp³-hybridized carbons (Fsp3) is 0.400. The van der Waals surface area contributed by atoms with Crippen LogP contribution in [0.1, 0.15) is 18.1 Å². The van der Waals surface area contributed by atoms with E-state index in [1.807, 2.05) is 0 Å². The normalized spacial score (nSPS) is 14.2. The molecule has 0 fully saturated rings. The third-order valence-corrected chi connectivity index (χ3v) is 2.07. The Hall–Kier alpha value is -1.53. The first kappa shape index (κ1) is 12.5. The molecular weight excluding hydrogens is 217 g/mol. The zero-order valence-corrected chi connectivity index (χ0v) is 8.63. The summed E-state index contributed by atoms with van der Waals surface area (Å²) in [5, 5.41) is 19.0. The second kappa shape index (κ2) is 5.53. The van der Waals surface area contributed by atoms with Crippen molar-refractivity contribution in [2.24, 2.45) is 0 Å². The molecular formula is C10H12FNO4. The monoisotopic (exact) mass is 229 g/mol. The van der Waals surface area contributed by atoms with Gasteiger partial charge in [0, 0.05) is 11.8 Å². The quantitative estimate of drug-likeness (QED) is 0.568.